The van der Waals surface area contributed by atoms with E-state index in [0.29, 0.717) is 24.6 Å². The van der Waals surface area contributed by atoms with Crippen LogP contribution in [0.4, 0.5) is 0 Å². The van der Waals surface area contributed by atoms with Crippen LogP contribution in [0.3, 0.4) is 0 Å². The van der Waals surface area contributed by atoms with Gasteiger partial charge in [-0.3, -0.25) is 9.59 Å². The Bertz CT molecular complexity index is 860. The van der Waals surface area contributed by atoms with E-state index >= 15 is 0 Å². The van der Waals surface area contributed by atoms with E-state index in [2.05, 4.69) is 23.8 Å². The fourth-order valence-electron chi connectivity index (χ4n) is 3.71. The Morgan fingerprint density at radius 1 is 1.28 bits per heavy atom. The monoisotopic (exact) mass is 335 g/mol. The lowest BCUT2D eigenvalue weighted by Gasteiger charge is -2.19. The van der Waals surface area contributed by atoms with Crippen LogP contribution in [0, 0.1) is 5.92 Å². The lowest BCUT2D eigenvalue weighted by molar-refractivity contribution is -0.133. The standard InChI is InChI=1S/C20H21N3O2/c1-12(2)7-19-21-9-13-10-23(11-17(13)22-19)20(25)16-8-18(24)15-6-4-3-5-14(15)16/h3-6,9,12,16H,7-8,10-11H2,1-2H3/t16-/m1/s1. The van der Waals surface area contributed by atoms with Crippen LogP contribution in [0.25, 0.3) is 0 Å². The maximum atomic E-state index is 13.0. The zero-order chi connectivity index (χ0) is 17.6. The number of nitrogens with zero attached hydrogens (tertiary/aromatic N) is 3. The largest absolute Gasteiger partial charge is 0.332 e. The molecule has 1 aromatic carbocycles. The number of benzene rings is 1. The van der Waals surface area contributed by atoms with Crippen LogP contribution in [-0.4, -0.2) is 26.6 Å². The Hall–Kier alpha value is -2.56. The minimum Gasteiger partial charge on any atom is -0.332 e. The summed E-state index contributed by atoms with van der Waals surface area (Å²) in [5, 5.41) is 0. The van der Waals surface area contributed by atoms with Crippen molar-refractivity contribution in [2.24, 2.45) is 5.92 Å². The molecule has 5 nitrogen and oxygen atoms in total. The first kappa shape index (κ1) is 15.9. The molecule has 0 spiro atoms. The van der Waals surface area contributed by atoms with Crippen LogP contribution in [-0.2, 0) is 24.3 Å². The Labute approximate surface area is 147 Å². The molecule has 0 bridgehead atoms. The highest BCUT2D eigenvalue weighted by atomic mass is 16.2. The quantitative estimate of drug-likeness (QED) is 0.865. The van der Waals surface area contributed by atoms with E-state index in [1.54, 1.807) is 4.90 Å². The third-order valence-electron chi connectivity index (χ3n) is 4.93. The predicted octanol–water partition coefficient (Wildman–Crippen LogP) is 2.89. The molecule has 2 heterocycles. The smallest absolute Gasteiger partial charge is 0.231 e. The molecule has 0 radical (unpaired) electrons. The number of hydrogen-bond acceptors (Lipinski definition) is 4. The molecule has 0 unspecified atom stereocenters. The predicted molar refractivity (Wildman–Crippen MR) is 93.0 cm³/mol. The average molecular weight is 335 g/mol. The molecule has 1 aliphatic carbocycles. The number of amides is 1. The van der Waals surface area contributed by atoms with Gasteiger partial charge in [-0.25, -0.2) is 9.97 Å². The average Bonchev–Trinajstić information content (AvgIpc) is 3.15. The molecular formula is C20H21N3O2. The first-order chi connectivity index (χ1) is 12.0. The summed E-state index contributed by atoms with van der Waals surface area (Å²) >= 11 is 0. The summed E-state index contributed by atoms with van der Waals surface area (Å²) in [6.45, 7) is 5.32. The summed E-state index contributed by atoms with van der Waals surface area (Å²) in [4.78, 5) is 36.1. The van der Waals surface area contributed by atoms with Gasteiger partial charge in [0.15, 0.2) is 5.78 Å². The van der Waals surface area contributed by atoms with E-state index in [1.165, 1.54) is 0 Å². The van der Waals surface area contributed by atoms with Crippen molar-refractivity contribution < 1.29 is 9.59 Å². The van der Waals surface area contributed by atoms with Gasteiger partial charge >= 0.3 is 0 Å². The molecule has 0 fully saturated rings. The third-order valence-corrected chi connectivity index (χ3v) is 4.93. The van der Waals surface area contributed by atoms with Crippen molar-refractivity contribution in [1.82, 2.24) is 14.9 Å². The van der Waals surface area contributed by atoms with Crippen LogP contribution in [0.15, 0.2) is 30.5 Å². The number of carbonyl (C=O) groups is 2. The summed E-state index contributed by atoms with van der Waals surface area (Å²) in [6, 6.07) is 7.45. The van der Waals surface area contributed by atoms with Crippen LogP contribution >= 0.6 is 0 Å². The van der Waals surface area contributed by atoms with Crippen molar-refractivity contribution in [1.29, 1.82) is 0 Å². The highest BCUT2D eigenvalue weighted by Crippen LogP contribution is 2.36. The minimum absolute atomic E-state index is 0.0155. The van der Waals surface area contributed by atoms with Gasteiger partial charge in [-0.05, 0) is 11.5 Å². The molecule has 2 aromatic rings. The van der Waals surface area contributed by atoms with Crippen molar-refractivity contribution in [3.63, 3.8) is 0 Å². The second kappa shape index (κ2) is 6.06. The molecule has 1 atom stereocenters. The minimum atomic E-state index is -0.360. The molecule has 1 amide bonds. The molecule has 1 aliphatic heterocycles. The number of Topliss-reactive ketones (excluding diaryl/α,β-unsaturated/α-hetero) is 1. The fraction of sp³-hybridized carbons (Fsp3) is 0.400. The molecule has 25 heavy (non-hydrogen) atoms. The van der Waals surface area contributed by atoms with E-state index in [9.17, 15) is 9.59 Å². The van der Waals surface area contributed by atoms with E-state index in [-0.39, 0.29) is 24.0 Å². The molecule has 1 aromatic heterocycles. The Kier molecular flexibility index (Phi) is 3.86. The number of rotatable bonds is 3. The molecule has 5 heteroatoms. The van der Waals surface area contributed by atoms with Gasteiger partial charge in [0.25, 0.3) is 0 Å². The topological polar surface area (TPSA) is 63.2 Å². The lowest BCUT2D eigenvalue weighted by atomic mass is 10.00. The van der Waals surface area contributed by atoms with Gasteiger partial charge in [-0.2, -0.15) is 0 Å². The zero-order valence-electron chi connectivity index (χ0n) is 14.5. The normalized spacial score (nSPS) is 18.6. The van der Waals surface area contributed by atoms with Crippen molar-refractivity contribution in [2.45, 2.75) is 45.7 Å². The third kappa shape index (κ3) is 2.84. The fourth-order valence-corrected chi connectivity index (χ4v) is 3.71. The van der Waals surface area contributed by atoms with E-state index < -0.39 is 0 Å². The zero-order valence-corrected chi connectivity index (χ0v) is 14.5. The number of aromatic nitrogens is 2. The summed E-state index contributed by atoms with van der Waals surface area (Å²) in [6.07, 6.45) is 2.96. The summed E-state index contributed by atoms with van der Waals surface area (Å²) in [5.74, 6) is 1.05. The summed E-state index contributed by atoms with van der Waals surface area (Å²) in [5.41, 5.74) is 3.51. The maximum Gasteiger partial charge on any atom is 0.231 e. The van der Waals surface area contributed by atoms with Gasteiger partial charge in [-0.15, -0.1) is 0 Å². The van der Waals surface area contributed by atoms with Gasteiger partial charge in [0.2, 0.25) is 5.91 Å². The second-order valence-corrected chi connectivity index (χ2v) is 7.32. The number of carbonyl (C=O) groups excluding carboxylic acids is 2. The molecule has 4 rings (SSSR count). The van der Waals surface area contributed by atoms with Gasteiger partial charge in [0.05, 0.1) is 18.2 Å². The van der Waals surface area contributed by atoms with Crippen molar-refractivity contribution >= 4 is 11.7 Å². The van der Waals surface area contributed by atoms with Crippen molar-refractivity contribution in [3.05, 3.63) is 58.7 Å². The van der Waals surface area contributed by atoms with Crippen LogP contribution < -0.4 is 0 Å². The van der Waals surface area contributed by atoms with Crippen LogP contribution in [0.5, 0.6) is 0 Å². The molecule has 0 saturated heterocycles. The summed E-state index contributed by atoms with van der Waals surface area (Å²) in [7, 11) is 0. The van der Waals surface area contributed by atoms with E-state index in [4.69, 9.17) is 0 Å². The highest BCUT2D eigenvalue weighted by molar-refractivity contribution is 6.06. The van der Waals surface area contributed by atoms with Crippen LogP contribution in [0.2, 0.25) is 0 Å². The lowest BCUT2D eigenvalue weighted by Crippen LogP contribution is -2.30. The first-order valence-corrected chi connectivity index (χ1v) is 8.77. The second-order valence-electron chi connectivity index (χ2n) is 7.32. The Balaban J connectivity index is 1.54. The molecular weight excluding hydrogens is 314 g/mol. The van der Waals surface area contributed by atoms with Gasteiger partial charge in [0.1, 0.15) is 5.82 Å². The molecule has 2 aliphatic rings. The first-order valence-electron chi connectivity index (χ1n) is 8.77. The molecule has 128 valence electrons. The van der Waals surface area contributed by atoms with Gasteiger partial charge in [-0.1, -0.05) is 38.1 Å². The number of hydrogen-bond donors (Lipinski definition) is 0. The number of ketones is 1. The van der Waals surface area contributed by atoms with Gasteiger partial charge in [0, 0.05) is 36.7 Å². The van der Waals surface area contributed by atoms with E-state index in [0.717, 1.165) is 29.1 Å². The Morgan fingerprint density at radius 2 is 2.08 bits per heavy atom. The van der Waals surface area contributed by atoms with Gasteiger partial charge < -0.3 is 4.90 Å². The van der Waals surface area contributed by atoms with Crippen molar-refractivity contribution in [2.75, 3.05) is 0 Å². The number of fused-ring (bicyclic) bond motifs is 2. The van der Waals surface area contributed by atoms with Crippen LogP contribution in [0.1, 0.15) is 59.2 Å². The SMILES string of the molecule is CC(C)Cc1ncc2c(n1)CN(C(=O)[C@@H]1CC(=O)c3ccccc31)C2. The maximum absolute atomic E-state index is 13.0. The Morgan fingerprint density at radius 3 is 2.88 bits per heavy atom. The summed E-state index contributed by atoms with van der Waals surface area (Å²) < 4.78 is 0. The van der Waals surface area contributed by atoms with Crippen molar-refractivity contribution in [3.8, 4) is 0 Å². The highest BCUT2D eigenvalue weighted by Gasteiger charge is 2.38. The molecule has 0 N–H and O–H groups in total. The van der Waals surface area contributed by atoms with E-state index in [1.807, 2.05) is 30.5 Å². The molecule has 0 saturated carbocycles.